The molecule has 5 heteroatoms. The maximum Gasteiger partial charge on any atom is 0.256 e. The number of anilines is 1. The van der Waals surface area contributed by atoms with Crippen LogP contribution < -0.4 is 11.1 Å². The van der Waals surface area contributed by atoms with Crippen molar-refractivity contribution in [2.24, 2.45) is 0 Å². The number of benzene rings is 1. The van der Waals surface area contributed by atoms with Crippen LogP contribution in [0.4, 0.5) is 10.1 Å². The number of carbonyl (C=O) groups is 1. The fraction of sp³-hybridized carbons (Fsp3) is 0.417. The van der Waals surface area contributed by atoms with Crippen LogP contribution in [-0.2, 0) is 0 Å². The minimum Gasteiger partial charge on any atom is -0.398 e. The summed E-state index contributed by atoms with van der Waals surface area (Å²) in [5.74, 6) is -0.609. The fourth-order valence-corrected chi connectivity index (χ4v) is 1.97. The van der Waals surface area contributed by atoms with Gasteiger partial charge in [-0.05, 0) is 24.6 Å². The van der Waals surface area contributed by atoms with Crippen molar-refractivity contribution in [1.82, 2.24) is 10.2 Å². The van der Waals surface area contributed by atoms with Gasteiger partial charge in [-0.3, -0.25) is 4.79 Å². The summed E-state index contributed by atoms with van der Waals surface area (Å²) in [6, 6.07) is 2.55. The Morgan fingerprint density at radius 2 is 2.06 bits per heavy atom. The lowest BCUT2D eigenvalue weighted by Gasteiger charge is -2.28. The molecule has 0 radical (unpaired) electrons. The van der Waals surface area contributed by atoms with E-state index in [1.54, 1.807) is 11.8 Å². The van der Waals surface area contributed by atoms with Gasteiger partial charge >= 0.3 is 0 Å². The second-order valence-electron chi connectivity index (χ2n) is 4.23. The first-order valence-electron chi connectivity index (χ1n) is 5.65. The fourth-order valence-electron chi connectivity index (χ4n) is 1.97. The van der Waals surface area contributed by atoms with Crippen LogP contribution in [0.15, 0.2) is 12.1 Å². The molecule has 0 atom stereocenters. The van der Waals surface area contributed by atoms with Crippen LogP contribution in [-0.4, -0.2) is 37.0 Å². The van der Waals surface area contributed by atoms with Crippen LogP contribution >= 0.6 is 0 Å². The molecule has 0 unspecified atom stereocenters. The maximum absolute atomic E-state index is 13.3. The van der Waals surface area contributed by atoms with Gasteiger partial charge in [0.15, 0.2) is 0 Å². The first-order chi connectivity index (χ1) is 8.09. The van der Waals surface area contributed by atoms with Gasteiger partial charge < -0.3 is 16.0 Å². The Labute approximate surface area is 99.6 Å². The molecule has 3 N–H and O–H groups in total. The third-order valence-corrected chi connectivity index (χ3v) is 2.99. The molecule has 0 spiro atoms. The summed E-state index contributed by atoms with van der Waals surface area (Å²) < 4.78 is 13.3. The van der Waals surface area contributed by atoms with Crippen molar-refractivity contribution in [2.45, 2.75) is 6.92 Å². The Hall–Kier alpha value is -1.62. The Morgan fingerprint density at radius 3 is 2.71 bits per heavy atom. The van der Waals surface area contributed by atoms with E-state index in [0.717, 1.165) is 13.1 Å². The standard InChI is InChI=1S/C12H16FN3O/c1-8-6-9(13)7-10(11(8)14)12(17)16-4-2-15-3-5-16/h6-7,15H,2-5,14H2,1H3. The molecule has 0 aliphatic carbocycles. The van der Waals surface area contributed by atoms with E-state index in [0.29, 0.717) is 24.3 Å². The largest absolute Gasteiger partial charge is 0.398 e. The molecule has 0 aromatic heterocycles. The van der Waals surface area contributed by atoms with E-state index in [9.17, 15) is 9.18 Å². The minimum absolute atomic E-state index is 0.188. The van der Waals surface area contributed by atoms with Crippen LogP contribution in [0.1, 0.15) is 15.9 Å². The molecule has 0 bridgehead atoms. The van der Waals surface area contributed by atoms with Crippen LogP contribution in [0.25, 0.3) is 0 Å². The monoisotopic (exact) mass is 237 g/mol. The predicted octanol–water partition coefficient (Wildman–Crippen LogP) is 0.762. The van der Waals surface area contributed by atoms with E-state index in [1.807, 2.05) is 0 Å². The molecule has 0 saturated carbocycles. The van der Waals surface area contributed by atoms with Gasteiger partial charge in [0.05, 0.1) is 5.56 Å². The van der Waals surface area contributed by atoms with Crippen molar-refractivity contribution in [3.63, 3.8) is 0 Å². The third-order valence-electron chi connectivity index (χ3n) is 2.99. The Bertz CT molecular complexity index is 442. The van der Waals surface area contributed by atoms with Crippen LogP contribution in [0.2, 0.25) is 0 Å². The summed E-state index contributed by atoms with van der Waals surface area (Å²) >= 11 is 0. The summed E-state index contributed by atoms with van der Waals surface area (Å²) in [6.07, 6.45) is 0. The van der Waals surface area contributed by atoms with E-state index >= 15 is 0 Å². The zero-order chi connectivity index (χ0) is 12.4. The summed E-state index contributed by atoms with van der Waals surface area (Å²) in [6.45, 7) is 4.49. The first-order valence-corrected chi connectivity index (χ1v) is 5.65. The Morgan fingerprint density at radius 1 is 1.41 bits per heavy atom. The molecular weight excluding hydrogens is 221 g/mol. The molecule has 1 aliphatic rings. The number of amides is 1. The van der Waals surface area contributed by atoms with Crippen molar-refractivity contribution in [1.29, 1.82) is 0 Å². The van der Waals surface area contributed by atoms with Crippen LogP contribution in [0.3, 0.4) is 0 Å². The number of carbonyl (C=O) groups excluding carboxylic acids is 1. The van der Waals surface area contributed by atoms with E-state index < -0.39 is 5.82 Å². The first kappa shape index (κ1) is 11.9. The highest BCUT2D eigenvalue weighted by Crippen LogP contribution is 2.20. The molecule has 1 saturated heterocycles. The highest BCUT2D eigenvalue weighted by atomic mass is 19.1. The van der Waals surface area contributed by atoms with E-state index in [1.165, 1.54) is 12.1 Å². The molecule has 92 valence electrons. The molecule has 17 heavy (non-hydrogen) atoms. The minimum atomic E-state index is -0.421. The number of nitrogens with two attached hydrogens (primary N) is 1. The summed E-state index contributed by atoms with van der Waals surface area (Å²) in [4.78, 5) is 13.9. The third kappa shape index (κ3) is 2.39. The zero-order valence-electron chi connectivity index (χ0n) is 9.79. The lowest BCUT2D eigenvalue weighted by Crippen LogP contribution is -2.46. The van der Waals surface area contributed by atoms with Crippen molar-refractivity contribution in [3.05, 3.63) is 29.1 Å². The molecule has 1 heterocycles. The molecule has 2 rings (SSSR count). The van der Waals surface area contributed by atoms with E-state index in [4.69, 9.17) is 5.73 Å². The van der Waals surface area contributed by atoms with Gasteiger partial charge in [-0.2, -0.15) is 0 Å². The molecule has 1 amide bonds. The molecule has 4 nitrogen and oxygen atoms in total. The van der Waals surface area contributed by atoms with Gasteiger partial charge in [0, 0.05) is 31.9 Å². The number of halogens is 1. The van der Waals surface area contributed by atoms with Gasteiger partial charge in [0.25, 0.3) is 5.91 Å². The molecule has 1 fully saturated rings. The highest BCUT2D eigenvalue weighted by Gasteiger charge is 2.21. The smallest absolute Gasteiger partial charge is 0.256 e. The second kappa shape index (κ2) is 4.71. The highest BCUT2D eigenvalue weighted by molar-refractivity contribution is 5.99. The van der Waals surface area contributed by atoms with Crippen molar-refractivity contribution in [3.8, 4) is 0 Å². The van der Waals surface area contributed by atoms with Gasteiger partial charge in [-0.1, -0.05) is 0 Å². The number of piperazine rings is 1. The number of nitrogens with zero attached hydrogens (tertiary/aromatic N) is 1. The van der Waals surface area contributed by atoms with Crippen molar-refractivity contribution in [2.75, 3.05) is 31.9 Å². The Kier molecular flexibility index (Phi) is 3.28. The SMILES string of the molecule is Cc1cc(F)cc(C(=O)N2CCNCC2)c1N. The number of nitrogens with one attached hydrogen (secondary N) is 1. The lowest BCUT2D eigenvalue weighted by molar-refractivity contribution is 0.0736. The number of aryl methyl sites for hydroxylation is 1. The average Bonchev–Trinajstić information content (AvgIpc) is 2.34. The second-order valence-corrected chi connectivity index (χ2v) is 4.23. The number of rotatable bonds is 1. The number of hydrogen-bond acceptors (Lipinski definition) is 3. The number of hydrogen-bond donors (Lipinski definition) is 2. The van der Waals surface area contributed by atoms with E-state index in [-0.39, 0.29) is 11.5 Å². The summed E-state index contributed by atoms with van der Waals surface area (Å²) in [7, 11) is 0. The van der Waals surface area contributed by atoms with Crippen LogP contribution in [0, 0.1) is 12.7 Å². The Balaban J connectivity index is 2.29. The predicted molar refractivity (Wildman–Crippen MR) is 64.3 cm³/mol. The van der Waals surface area contributed by atoms with Crippen molar-refractivity contribution >= 4 is 11.6 Å². The lowest BCUT2D eigenvalue weighted by atomic mass is 10.1. The quantitative estimate of drug-likeness (QED) is 0.709. The van der Waals surface area contributed by atoms with Gasteiger partial charge in [-0.15, -0.1) is 0 Å². The average molecular weight is 237 g/mol. The van der Waals surface area contributed by atoms with Crippen LogP contribution in [0.5, 0.6) is 0 Å². The normalized spacial score (nSPS) is 16.0. The van der Waals surface area contributed by atoms with Crippen molar-refractivity contribution < 1.29 is 9.18 Å². The molecular formula is C12H16FN3O. The van der Waals surface area contributed by atoms with Gasteiger partial charge in [0.1, 0.15) is 5.82 Å². The summed E-state index contributed by atoms with van der Waals surface area (Å²) in [5.41, 5.74) is 7.07. The van der Waals surface area contributed by atoms with E-state index in [2.05, 4.69) is 5.32 Å². The maximum atomic E-state index is 13.3. The topological polar surface area (TPSA) is 58.4 Å². The summed E-state index contributed by atoms with van der Waals surface area (Å²) in [5, 5.41) is 3.16. The molecule has 1 aliphatic heterocycles. The van der Waals surface area contributed by atoms with Gasteiger partial charge in [-0.25, -0.2) is 4.39 Å². The number of nitrogen functional groups attached to an aromatic ring is 1. The van der Waals surface area contributed by atoms with Gasteiger partial charge in [0.2, 0.25) is 0 Å². The molecule has 1 aromatic carbocycles. The molecule has 1 aromatic rings. The zero-order valence-corrected chi connectivity index (χ0v) is 9.79.